The molecule has 0 spiro atoms. The monoisotopic (exact) mass is 496 g/mol. The number of carbonyl (C=O) groups excluding carboxylic acids is 1. The number of fused-ring (bicyclic) bond motifs is 1. The highest BCUT2D eigenvalue weighted by atomic mass is 19.4. The van der Waals surface area contributed by atoms with Gasteiger partial charge in [-0.15, -0.1) is 0 Å². The van der Waals surface area contributed by atoms with Crippen LogP contribution in [0.25, 0.3) is 5.57 Å². The van der Waals surface area contributed by atoms with Crippen LogP contribution < -0.4 is 16.2 Å². The summed E-state index contributed by atoms with van der Waals surface area (Å²) in [5.41, 5.74) is -0.215. The van der Waals surface area contributed by atoms with Crippen molar-refractivity contribution in [2.24, 2.45) is 10.9 Å². The van der Waals surface area contributed by atoms with Gasteiger partial charge in [0.05, 0.1) is 24.6 Å². The topological polar surface area (TPSA) is 114 Å². The van der Waals surface area contributed by atoms with Crippen molar-refractivity contribution in [2.45, 2.75) is 25.7 Å². The van der Waals surface area contributed by atoms with E-state index in [0.717, 1.165) is 30.0 Å². The highest BCUT2D eigenvalue weighted by Crippen LogP contribution is 2.32. The van der Waals surface area contributed by atoms with Gasteiger partial charge in [0.2, 0.25) is 0 Å². The summed E-state index contributed by atoms with van der Waals surface area (Å²) in [6.07, 6.45) is 3.23. The van der Waals surface area contributed by atoms with Gasteiger partial charge in [0.25, 0.3) is 17.4 Å². The molecule has 9 nitrogen and oxygen atoms in total. The van der Waals surface area contributed by atoms with Crippen LogP contribution in [0.1, 0.15) is 39.6 Å². The molecule has 1 atom stereocenters. The van der Waals surface area contributed by atoms with Crippen LogP contribution in [0.2, 0.25) is 0 Å². The highest BCUT2D eigenvalue weighted by molar-refractivity contribution is 5.99. The quantitative estimate of drug-likeness (QED) is 0.542. The zero-order valence-corrected chi connectivity index (χ0v) is 18.6. The molecular formula is C24H19F3N6O3. The molecule has 5 rings (SSSR count). The molecule has 0 bridgehead atoms. The van der Waals surface area contributed by atoms with E-state index in [1.54, 1.807) is 6.20 Å². The van der Waals surface area contributed by atoms with Gasteiger partial charge in [-0.25, -0.2) is 4.99 Å². The molecule has 0 radical (unpaired) electrons. The van der Waals surface area contributed by atoms with Gasteiger partial charge in [0.15, 0.2) is 5.82 Å². The van der Waals surface area contributed by atoms with Gasteiger partial charge in [0.1, 0.15) is 11.4 Å². The first kappa shape index (κ1) is 23.3. The van der Waals surface area contributed by atoms with Crippen molar-refractivity contribution in [3.8, 4) is 0 Å². The Morgan fingerprint density at radius 3 is 2.81 bits per heavy atom. The molecule has 0 saturated carbocycles. The van der Waals surface area contributed by atoms with E-state index in [0.29, 0.717) is 11.5 Å². The molecule has 1 aromatic carbocycles. The highest BCUT2D eigenvalue weighted by Gasteiger charge is 2.31. The van der Waals surface area contributed by atoms with Crippen molar-refractivity contribution in [2.75, 3.05) is 0 Å². The van der Waals surface area contributed by atoms with Crippen molar-refractivity contribution < 1.29 is 22.5 Å². The maximum Gasteiger partial charge on any atom is 0.416 e. The summed E-state index contributed by atoms with van der Waals surface area (Å²) < 4.78 is 44.9. The lowest BCUT2D eigenvalue weighted by Gasteiger charge is -2.17. The van der Waals surface area contributed by atoms with Crippen molar-refractivity contribution in [3.05, 3.63) is 99.8 Å². The number of alkyl halides is 3. The molecule has 2 N–H and O–H groups in total. The number of rotatable bonds is 6. The van der Waals surface area contributed by atoms with Crippen LogP contribution >= 0.6 is 0 Å². The maximum atomic E-state index is 12.8. The van der Waals surface area contributed by atoms with Crippen LogP contribution in [0.5, 0.6) is 0 Å². The fourth-order valence-electron chi connectivity index (χ4n) is 3.92. The second-order valence-corrected chi connectivity index (χ2v) is 8.18. The smallest absolute Gasteiger partial charge is 0.350 e. The van der Waals surface area contributed by atoms with E-state index in [1.165, 1.54) is 35.0 Å². The zero-order chi connectivity index (χ0) is 25.3. The molecule has 4 heterocycles. The Morgan fingerprint density at radius 2 is 2.03 bits per heavy atom. The lowest BCUT2D eigenvalue weighted by atomic mass is 9.95. The van der Waals surface area contributed by atoms with Gasteiger partial charge in [0, 0.05) is 18.0 Å². The number of allylic oxidation sites excluding steroid dienone is 1. The molecule has 12 heteroatoms. The van der Waals surface area contributed by atoms with Crippen LogP contribution in [-0.2, 0) is 19.3 Å². The minimum absolute atomic E-state index is 0.00495. The van der Waals surface area contributed by atoms with E-state index < -0.39 is 23.2 Å². The number of pyridine rings is 1. The van der Waals surface area contributed by atoms with E-state index in [-0.39, 0.29) is 30.4 Å². The van der Waals surface area contributed by atoms with E-state index in [2.05, 4.69) is 25.8 Å². The number of carbonyl (C=O) groups is 1. The summed E-state index contributed by atoms with van der Waals surface area (Å²) in [5.74, 6) is 0.703. The Morgan fingerprint density at radius 1 is 1.22 bits per heavy atom. The largest absolute Gasteiger partial charge is 0.416 e. The molecular weight excluding hydrogens is 477 g/mol. The SMILES string of the molecule is O=C(NCc1noc(C2=CN=C3NC=CCC23)n1)c1cccn(Cc2ccc(C(F)(F)F)cc2)c1=O. The molecule has 0 aliphatic carbocycles. The first-order valence-electron chi connectivity index (χ1n) is 11.0. The van der Waals surface area contributed by atoms with Crippen molar-refractivity contribution in [1.82, 2.24) is 25.3 Å². The Balaban J connectivity index is 1.23. The second-order valence-electron chi connectivity index (χ2n) is 8.18. The van der Waals surface area contributed by atoms with Gasteiger partial charge in [-0.3, -0.25) is 9.59 Å². The Labute approximate surface area is 202 Å². The third-order valence-electron chi connectivity index (χ3n) is 5.79. The fourth-order valence-corrected chi connectivity index (χ4v) is 3.92. The summed E-state index contributed by atoms with van der Waals surface area (Å²) in [6.45, 7) is -0.0595. The Hall–Kier alpha value is -4.48. The summed E-state index contributed by atoms with van der Waals surface area (Å²) in [7, 11) is 0. The molecule has 0 fully saturated rings. The summed E-state index contributed by atoms with van der Waals surface area (Å²) in [5, 5.41) is 9.56. The van der Waals surface area contributed by atoms with Crippen molar-refractivity contribution in [3.63, 3.8) is 0 Å². The van der Waals surface area contributed by atoms with Gasteiger partial charge >= 0.3 is 6.18 Å². The third kappa shape index (κ3) is 4.69. The van der Waals surface area contributed by atoms with Gasteiger partial charge < -0.3 is 19.7 Å². The molecule has 3 aromatic rings. The standard InChI is InChI=1S/C24H19F3N6O3/c25-24(26,27)15-7-5-14(6-8-15)13-33-10-2-4-17(23(33)35)21(34)30-12-19-31-22(36-32-19)18-11-29-20-16(18)3-1-9-28-20/h1-2,4-11,16H,3,12-13H2,(H,28,29)(H,30,34). The molecule has 2 aliphatic heterocycles. The number of benzene rings is 1. The third-order valence-corrected chi connectivity index (χ3v) is 5.79. The van der Waals surface area contributed by atoms with Crippen LogP contribution in [0.3, 0.4) is 0 Å². The van der Waals surface area contributed by atoms with Gasteiger partial charge in [-0.05, 0) is 42.4 Å². The molecule has 1 unspecified atom stereocenters. The molecule has 0 saturated heterocycles. The van der Waals surface area contributed by atoms with E-state index >= 15 is 0 Å². The van der Waals surface area contributed by atoms with Gasteiger partial charge in [-0.1, -0.05) is 23.4 Å². The van der Waals surface area contributed by atoms with Crippen molar-refractivity contribution >= 4 is 17.3 Å². The minimum Gasteiger partial charge on any atom is -0.350 e. The predicted molar refractivity (Wildman–Crippen MR) is 123 cm³/mol. The maximum absolute atomic E-state index is 12.8. The number of hydrogen-bond acceptors (Lipinski definition) is 7. The average molecular weight is 496 g/mol. The number of aromatic nitrogens is 3. The molecule has 184 valence electrons. The predicted octanol–water partition coefficient (Wildman–Crippen LogP) is 3.10. The minimum atomic E-state index is -4.44. The number of aliphatic imine (C=N–C) groups is 1. The number of nitrogens with one attached hydrogen (secondary N) is 2. The molecule has 36 heavy (non-hydrogen) atoms. The first-order chi connectivity index (χ1) is 17.3. The van der Waals surface area contributed by atoms with E-state index in [1.807, 2.05) is 12.3 Å². The fraction of sp³-hybridized carbons (Fsp3) is 0.208. The second kappa shape index (κ2) is 9.29. The zero-order valence-electron chi connectivity index (χ0n) is 18.6. The Kier molecular flexibility index (Phi) is 6.00. The normalized spacial score (nSPS) is 16.7. The Bertz CT molecular complexity index is 1450. The summed E-state index contributed by atoms with van der Waals surface area (Å²) in [6, 6.07) is 7.38. The molecule has 1 amide bonds. The van der Waals surface area contributed by atoms with Crippen LogP contribution in [0.4, 0.5) is 13.2 Å². The van der Waals surface area contributed by atoms with E-state index in [9.17, 15) is 22.8 Å². The van der Waals surface area contributed by atoms with E-state index in [4.69, 9.17) is 4.52 Å². The first-order valence-corrected chi connectivity index (χ1v) is 11.0. The van der Waals surface area contributed by atoms with Crippen LogP contribution in [0.15, 0.2) is 75.4 Å². The van der Waals surface area contributed by atoms with Gasteiger partial charge in [-0.2, -0.15) is 18.2 Å². The lowest BCUT2D eigenvalue weighted by molar-refractivity contribution is -0.137. The summed E-state index contributed by atoms with van der Waals surface area (Å²) in [4.78, 5) is 34.1. The number of amides is 1. The number of amidine groups is 1. The van der Waals surface area contributed by atoms with Crippen molar-refractivity contribution in [1.29, 1.82) is 0 Å². The number of halogens is 3. The lowest BCUT2D eigenvalue weighted by Crippen LogP contribution is -2.32. The molecule has 2 aromatic heterocycles. The van der Waals surface area contributed by atoms with Crippen LogP contribution in [-0.4, -0.2) is 26.5 Å². The molecule has 2 aliphatic rings. The summed E-state index contributed by atoms with van der Waals surface area (Å²) >= 11 is 0. The number of nitrogens with zero attached hydrogens (tertiary/aromatic N) is 4. The number of hydrogen-bond donors (Lipinski definition) is 2. The average Bonchev–Trinajstić information content (AvgIpc) is 3.50. The van der Waals surface area contributed by atoms with Crippen LogP contribution in [0, 0.1) is 5.92 Å².